The summed E-state index contributed by atoms with van der Waals surface area (Å²) in [5.41, 5.74) is 5.38. The molecule has 1 saturated carbocycles. The van der Waals surface area contributed by atoms with Gasteiger partial charge in [0.25, 0.3) is 0 Å². The van der Waals surface area contributed by atoms with Crippen molar-refractivity contribution in [2.24, 2.45) is 11.7 Å². The molecular formula is C23H21F4N5O4. The lowest BCUT2D eigenvalue weighted by Crippen LogP contribution is -2.34. The summed E-state index contributed by atoms with van der Waals surface area (Å²) in [7, 11) is 0. The van der Waals surface area contributed by atoms with E-state index in [1.165, 1.54) is 22.8 Å². The highest BCUT2D eigenvalue weighted by atomic mass is 19.4. The molecule has 1 aliphatic carbocycles. The second kappa shape index (κ2) is 8.43. The zero-order valence-corrected chi connectivity index (χ0v) is 19.0. The molecule has 2 aliphatic rings. The van der Waals surface area contributed by atoms with Crippen LogP contribution in [0.25, 0.3) is 5.65 Å². The molecule has 3 atom stereocenters. The molecule has 3 heterocycles. The highest BCUT2D eigenvalue weighted by Crippen LogP contribution is 2.64. The lowest BCUT2D eigenvalue weighted by atomic mass is 10.0. The molecule has 2 N–H and O–H groups in total. The Morgan fingerprint density at radius 1 is 1.31 bits per heavy atom. The third kappa shape index (κ3) is 4.02. The lowest BCUT2D eigenvalue weighted by molar-refractivity contribution is -0.193. The van der Waals surface area contributed by atoms with Gasteiger partial charge < -0.3 is 20.1 Å². The number of alkyl halides is 3. The Labute approximate surface area is 201 Å². The first-order valence-corrected chi connectivity index (χ1v) is 11.1. The zero-order chi connectivity index (χ0) is 25.8. The van der Waals surface area contributed by atoms with Crippen molar-refractivity contribution in [2.75, 3.05) is 18.1 Å². The van der Waals surface area contributed by atoms with Crippen LogP contribution in [0.2, 0.25) is 0 Å². The molecule has 5 rings (SSSR count). The minimum absolute atomic E-state index is 0.0839. The fourth-order valence-corrected chi connectivity index (χ4v) is 4.81. The van der Waals surface area contributed by atoms with E-state index in [-0.39, 0.29) is 24.2 Å². The Morgan fingerprint density at radius 2 is 2.08 bits per heavy atom. The molecule has 2 aromatic heterocycles. The van der Waals surface area contributed by atoms with Crippen molar-refractivity contribution in [3.8, 4) is 5.75 Å². The van der Waals surface area contributed by atoms with Crippen molar-refractivity contribution in [1.82, 2.24) is 14.6 Å². The fourth-order valence-electron chi connectivity index (χ4n) is 4.81. The molecule has 0 unspecified atom stereocenters. The molecule has 1 saturated heterocycles. The molecule has 0 spiro atoms. The SMILES string of the molecule is C[C@@H](N)COc1ccc(F)cc1[C@@]12C[C@@H]1CCN2c1ccn2ncc(C(=O)OC(=O)C(F)(F)F)c2n1. The van der Waals surface area contributed by atoms with Gasteiger partial charge in [-0.2, -0.15) is 18.3 Å². The van der Waals surface area contributed by atoms with Gasteiger partial charge in [0, 0.05) is 24.3 Å². The molecule has 1 aromatic carbocycles. The number of ether oxygens (including phenoxy) is 2. The number of piperidine rings is 1. The summed E-state index contributed by atoms with van der Waals surface area (Å²) < 4.78 is 62.9. The number of nitrogens with two attached hydrogens (primary N) is 1. The highest BCUT2D eigenvalue weighted by Gasteiger charge is 2.64. The number of hydrogen-bond donors (Lipinski definition) is 1. The smallest absolute Gasteiger partial charge is 0.491 e. The first kappa shape index (κ1) is 24.0. The summed E-state index contributed by atoms with van der Waals surface area (Å²) in [5, 5.41) is 3.91. The van der Waals surface area contributed by atoms with E-state index in [1.54, 1.807) is 19.1 Å². The molecule has 0 amide bonds. The molecule has 190 valence electrons. The normalized spacial score (nSPS) is 21.8. The molecule has 13 heteroatoms. The number of esters is 2. The minimum atomic E-state index is -5.33. The van der Waals surface area contributed by atoms with Gasteiger partial charge in [-0.1, -0.05) is 0 Å². The van der Waals surface area contributed by atoms with Crippen LogP contribution in [0.3, 0.4) is 0 Å². The zero-order valence-electron chi connectivity index (χ0n) is 19.0. The maximum atomic E-state index is 14.3. The van der Waals surface area contributed by atoms with E-state index in [0.717, 1.165) is 12.6 Å². The molecule has 36 heavy (non-hydrogen) atoms. The predicted octanol–water partition coefficient (Wildman–Crippen LogP) is 2.97. The number of carbonyl (C=O) groups excluding carboxylic acids is 2. The van der Waals surface area contributed by atoms with Gasteiger partial charge in [-0.15, -0.1) is 0 Å². The summed E-state index contributed by atoms with van der Waals surface area (Å²) in [5.74, 6) is -3.47. The largest absolute Gasteiger partial charge is 0.492 e. The van der Waals surface area contributed by atoms with Crippen molar-refractivity contribution in [3.63, 3.8) is 0 Å². The van der Waals surface area contributed by atoms with Gasteiger partial charge in [-0.3, -0.25) is 0 Å². The van der Waals surface area contributed by atoms with Gasteiger partial charge in [0.15, 0.2) is 5.65 Å². The number of halogens is 4. The Hall–Kier alpha value is -3.74. The Balaban J connectivity index is 1.50. The Kier molecular flexibility index (Phi) is 5.62. The molecule has 0 bridgehead atoms. The van der Waals surface area contributed by atoms with E-state index < -0.39 is 35.0 Å². The van der Waals surface area contributed by atoms with E-state index in [0.29, 0.717) is 30.1 Å². The second-order valence-electron chi connectivity index (χ2n) is 8.98. The Bertz CT molecular complexity index is 1360. The maximum Gasteiger partial charge on any atom is 0.491 e. The van der Waals surface area contributed by atoms with Gasteiger partial charge in [0.05, 0.1) is 11.7 Å². The summed E-state index contributed by atoms with van der Waals surface area (Å²) in [6, 6.07) is 5.71. The molecular weight excluding hydrogens is 486 g/mol. The van der Waals surface area contributed by atoms with E-state index in [1.807, 2.05) is 4.90 Å². The number of fused-ring (bicyclic) bond motifs is 2. The first-order chi connectivity index (χ1) is 17.0. The number of rotatable bonds is 6. The van der Waals surface area contributed by atoms with E-state index >= 15 is 0 Å². The summed E-state index contributed by atoms with van der Waals surface area (Å²) in [6.45, 7) is 2.60. The van der Waals surface area contributed by atoms with Gasteiger partial charge in [-0.25, -0.2) is 23.5 Å². The van der Waals surface area contributed by atoms with E-state index in [9.17, 15) is 27.2 Å². The first-order valence-electron chi connectivity index (χ1n) is 11.1. The summed E-state index contributed by atoms with van der Waals surface area (Å²) >= 11 is 0. The topological polar surface area (TPSA) is 112 Å². The third-order valence-corrected chi connectivity index (χ3v) is 6.43. The van der Waals surface area contributed by atoms with Crippen LogP contribution in [0.4, 0.5) is 23.4 Å². The van der Waals surface area contributed by atoms with Crippen LogP contribution in [0.5, 0.6) is 5.75 Å². The van der Waals surface area contributed by atoms with Crippen molar-refractivity contribution < 1.29 is 36.6 Å². The standard InChI is InChI=1S/C23H21F4N5O4/c1-12(28)11-35-17-3-2-14(24)8-16(17)22-9-13(22)4-6-31(22)18-5-7-32-19(30-18)15(10-29-32)20(33)36-21(34)23(25,26)27/h2-3,5,7-8,10,12-13H,4,6,9,11,28H2,1H3/t12-,13+,22-/m1/s1. The number of hydrogen-bond acceptors (Lipinski definition) is 8. The molecule has 0 radical (unpaired) electrons. The average Bonchev–Trinajstić information content (AvgIpc) is 3.19. The number of nitrogens with zero attached hydrogens (tertiary/aromatic N) is 4. The lowest BCUT2D eigenvalue weighted by Gasteiger charge is -2.31. The Morgan fingerprint density at radius 3 is 2.78 bits per heavy atom. The van der Waals surface area contributed by atoms with Crippen LogP contribution in [-0.4, -0.2) is 51.9 Å². The highest BCUT2D eigenvalue weighted by molar-refractivity contribution is 6.02. The van der Waals surface area contributed by atoms with Crippen LogP contribution >= 0.6 is 0 Å². The molecule has 1 aliphatic heterocycles. The van der Waals surface area contributed by atoms with Crippen molar-refractivity contribution in [3.05, 3.63) is 53.6 Å². The summed E-state index contributed by atoms with van der Waals surface area (Å²) in [6.07, 6.45) is -1.35. The predicted molar refractivity (Wildman–Crippen MR) is 117 cm³/mol. The third-order valence-electron chi connectivity index (χ3n) is 6.43. The molecule has 3 aromatic rings. The van der Waals surface area contributed by atoms with Crippen molar-refractivity contribution >= 4 is 23.4 Å². The average molecular weight is 507 g/mol. The van der Waals surface area contributed by atoms with Crippen LogP contribution in [-0.2, 0) is 15.1 Å². The van der Waals surface area contributed by atoms with Gasteiger partial charge in [0.2, 0.25) is 0 Å². The minimum Gasteiger partial charge on any atom is -0.492 e. The van der Waals surface area contributed by atoms with Crippen LogP contribution in [0, 0.1) is 11.7 Å². The quantitative estimate of drug-likeness (QED) is 0.308. The van der Waals surface area contributed by atoms with Crippen molar-refractivity contribution in [1.29, 1.82) is 0 Å². The number of carbonyl (C=O) groups is 2. The van der Waals surface area contributed by atoms with Crippen LogP contribution in [0.1, 0.15) is 35.7 Å². The summed E-state index contributed by atoms with van der Waals surface area (Å²) in [4.78, 5) is 29.8. The maximum absolute atomic E-state index is 14.3. The van der Waals surface area contributed by atoms with Gasteiger partial charge >= 0.3 is 18.1 Å². The number of benzene rings is 1. The fraction of sp³-hybridized carbons (Fsp3) is 0.391. The van der Waals surface area contributed by atoms with Gasteiger partial charge in [0.1, 0.15) is 29.6 Å². The monoisotopic (exact) mass is 507 g/mol. The number of anilines is 1. The second-order valence-corrected chi connectivity index (χ2v) is 8.98. The van der Waals surface area contributed by atoms with E-state index in [2.05, 4.69) is 14.8 Å². The molecule has 9 nitrogen and oxygen atoms in total. The number of aromatic nitrogens is 3. The van der Waals surface area contributed by atoms with Crippen LogP contribution < -0.4 is 15.4 Å². The van der Waals surface area contributed by atoms with Crippen molar-refractivity contribution in [2.45, 2.75) is 37.5 Å². The molecule has 2 fully saturated rings. The van der Waals surface area contributed by atoms with E-state index in [4.69, 9.17) is 10.5 Å². The van der Waals surface area contributed by atoms with Gasteiger partial charge in [-0.05, 0) is 49.9 Å². The van der Waals surface area contributed by atoms with Crippen LogP contribution in [0.15, 0.2) is 36.7 Å².